The summed E-state index contributed by atoms with van der Waals surface area (Å²) < 4.78 is -0.233. The first kappa shape index (κ1) is 15.5. The molecule has 2 aromatic rings. The van der Waals surface area contributed by atoms with Gasteiger partial charge in [0.05, 0.1) is 9.85 Å². The number of hydrogen-bond donors (Lipinski definition) is 0. The van der Waals surface area contributed by atoms with Gasteiger partial charge in [-0.15, -0.1) is 0 Å². The van der Waals surface area contributed by atoms with Gasteiger partial charge >= 0.3 is 11.4 Å². The SMILES string of the molecule is O=[N+]([O-])c1ccc(N=[N+]([O-])c2ccccc2)c(Br)c1[N+](=O)[O-]. The van der Waals surface area contributed by atoms with E-state index >= 15 is 0 Å². The number of nitro groups is 2. The van der Waals surface area contributed by atoms with Crippen LogP contribution < -0.4 is 0 Å². The fourth-order valence-electron chi connectivity index (χ4n) is 1.65. The molecule has 0 aromatic heterocycles. The van der Waals surface area contributed by atoms with Gasteiger partial charge in [-0.3, -0.25) is 20.2 Å². The van der Waals surface area contributed by atoms with Gasteiger partial charge in [-0.25, -0.2) is 0 Å². The van der Waals surface area contributed by atoms with Crippen LogP contribution >= 0.6 is 15.9 Å². The second kappa shape index (κ2) is 6.26. The lowest BCUT2D eigenvalue weighted by Gasteiger charge is -2.02. The zero-order chi connectivity index (χ0) is 16.3. The molecule has 0 spiro atoms. The largest absolute Gasteiger partial charge is 0.594 e. The van der Waals surface area contributed by atoms with Crippen molar-refractivity contribution in [1.29, 1.82) is 0 Å². The van der Waals surface area contributed by atoms with Gasteiger partial charge < -0.3 is 5.21 Å². The minimum Gasteiger partial charge on any atom is -0.594 e. The van der Waals surface area contributed by atoms with Crippen LogP contribution in [0.2, 0.25) is 0 Å². The van der Waals surface area contributed by atoms with Crippen LogP contribution in [-0.4, -0.2) is 14.7 Å². The first-order valence-electron chi connectivity index (χ1n) is 5.77. The third kappa shape index (κ3) is 3.06. The molecule has 0 heterocycles. The van der Waals surface area contributed by atoms with Gasteiger partial charge in [-0.05, 0) is 22.0 Å². The maximum absolute atomic E-state index is 11.9. The quantitative estimate of drug-likeness (QED) is 0.347. The van der Waals surface area contributed by atoms with E-state index in [0.29, 0.717) is 0 Å². The molecule has 0 atom stereocenters. The van der Waals surface area contributed by atoms with Crippen molar-refractivity contribution in [3.63, 3.8) is 0 Å². The summed E-state index contributed by atoms with van der Waals surface area (Å²) >= 11 is 2.90. The third-order valence-corrected chi connectivity index (χ3v) is 3.41. The van der Waals surface area contributed by atoms with Crippen LogP contribution in [0.3, 0.4) is 0 Å². The zero-order valence-electron chi connectivity index (χ0n) is 10.7. The monoisotopic (exact) mass is 366 g/mol. The fraction of sp³-hybridized carbons (Fsp3) is 0. The van der Waals surface area contributed by atoms with E-state index in [9.17, 15) is 25.4 Å². The van der Waals surface area contributed by atoms with E-state index in [-0.39, 0.29) is 20.7 Å². The van der Waals surface area contributed by atoms with Crippen molar-refractivity contribution in [2.75, 3.05) is 0 Å². The summed E-state index contributed by atoms with van der Waals surface area (Å²) in [6.07, 6.45) is 0. The highest BCUT2D eigenvalue weighted by molar-refractivity contribution is 9.10. The zero-order valence-corrected chi connectivity index (χ0v) is 12.3. The maximum Gasteiger partial charge on any atom is 0.362 e. The fourth-order valence-corrected chi connectivity index (χ4v) is 2.21. The van der Waals surface area contributed by atoms with Crippen molar-refractivity contribution in [3.05, 3.63) is 72.4 Å². The number of rotatable bonds is 4. The van der Waals surface area contributed by atoms with Crippen molar-refractivity contribution in [2.45, 2.75) is 0 Å². The first-order valence-corrected chi connectivity index (χ1v) is 6.56. The summed E-state index contributed by atoms with van der Waals surface area (Å²) in [7, 11) is 0. The third-order valence-electron chi connectivity index (χ3n) is 2.63. The average Bonchev–Trinajstić information content (AvgIpc) is 2.49. The molecule has 0 N–H and O–H groups in total. The molecular formula is C12H7BrN4O5. The molecule has 0 aliphatic heterocycles. The Morgan fingerprint density at radius 2 is 1.55 bits per heavy atom. The molecule has 112 valence electrons. The molecule has 0 fully saturated rings. The highest BCUT2D eigenvalue weighted by Crippen LogP contribution is 2.41. The normalized spacial score (nSPS) is 11.2. The smallest absolute Gasteiger partial charge is 0.362 e. The van der Waals surface area contributed by atoms with E-state index in [0.717, 1.165) is 12.1 Å². The van der Waals surface area contributed by atoms with Crippen molar-refractivity contribution in [1.82, 2.24) is 0 Å². The average molecular weight is 367 g/mol. The number of para-hydroxylation sites is 1. The Bertz CT molecular complexity index is 779. The van der Waals surface area contributed by atoms with Gasteiger partial charge in [-0.1, -0.05) is 23.1 Å². The van der Waals surface area contributed by atoms with Crippen molar-refractivity contribution >= 4 is 38.7 Å². The van der Waals surface area contributed by atoms with Gasteiger partial charge in [0.15, 0.2) is 5.69 Å². The van der Waals surface area contributed by atoms with Crippen LogP contribution in [0.4, 0.5) is 22.7 Å². The Labute approximate surface area is 131 Å². The lowest BCUT2D eigenvalue weighted by atomic mass is 10.2. The van der Waals surface area contributed by atoms with Crippen molar-refractivity contribution < 1.29 is 14.7 Å². The highest BCUT2D eigenvalue weighted by Gasteiger charge is 2.30. The van der Waals surface area contributed by atoms with Crippen molar-refractivity contribution in [2.24, 2.45) is 5.11 Å². The molecule has 2 rings (SSSR count). The predicted molar refractivity (Wildman–Crippen MR) is 79.3 cm³/mol. The van der Waals surface area contributed by atoms with Crippen LogP contribution in [0, 0.1) is 25.4 Å². The highest BCUT2D eigenvalue weighted by atomic mass is 79.9. The Morgan fingerprint density at radius 1 is 0.909 bits per heavy atom. The molecule has 0 radical (unpaired) electrons. The van der Waals surface area contributed by atoms with Gasteiger partial charge in [0.1, 0.15) is 4.47 Å². The summed E-state index contributed by atoms with van der Waals surface area (Å²) in [6.45, 7) is 0. The number of nitrogens with zero attached hydrogens (tertiary/aromatic N) is 4. The summed E-state index contributed by atoms with van der Waals surface area (Å²) in [5.74, 6) is 0. The van der Waals surface area contributed by atoms with Crippen molar-refractivity contribution in [3.8, 4) is 0 Å². The van der Waals surface area contributed by atoms with Gasteiger partial charge in [0.25, 0.3) is 0 Å². The lowest BCUT2D eigenvalue weighted by molar-refractivity contribution is -0.435. The van der Waals surface area contributed by atoms with E-state index in [2.05, 4.69) is 21.0 Å². The minimum absolute atomic E-state index is 0.0869. The Balaban J connectivity index is 2.56. The summed E-state index contributed by atoms with van der Waals surface area (Å²) in [5, 5.41) is 37.4. The number of nitro benzene ring substituents is 2. The molecule has 0 saturated carbocycles. The number of benzene rings is 2. The molecule has 0 unspecified atom stereocenters. The maximum atomic E-state index is 11.9. The Morgan fingerprint density at radius 3 is 2.09 bits per heavy atom. The molecule has 2 aromatic carbocycles. The van der Waals surface area contributed by atoms with Crippen LogP contribution in [0.25, 0.3) is 0 Å². The molecular weight excluding hydrogens is 360 g/mol. The second-order valence-corrected chi connectivity index (χ2v) is 4.78. The standard InChI is InChI=1S/C12H7BrN4O5/c13-11-9(14-15(18)8-4-2-1-3-5-8)6-7-10(16(19)20)12(11)17(21)22/h1-7H. The minimum atomic E-state index is -0.904. The Hall–Kier alpha value is -2.88. The van der Waals surface area contributed by atoms with Crippen LogP contribution in [-0.2, 0) is 0 Å². The van der Waals surface area contributed by atoms with E-state index in [4.69, 9.17) is 0 Å². The van der Waals surface area contributed by atoms with Gasteiger partial charge in [0, 0.05) is 23.3 Å². The molecule has 9 nitrogen and oxygen atoms in total. The molecule has 0 bridgehead atoms. The second-order valence-electron chi connectivity index (χ2n) is 3.99. The van der Waals surface area contributed by atoms with Crippen LogP contribution in [0.15, 0.2) is 52.1 Å². The van der Waals surface area contributed by atoms with E-state index in [1.54, 1.807) is 18.2 Å². The number of hydrogen-bond acceptors (Lipinski definition) is 6. The molecule has 10 heteroatoms. The van der Waals surface area contributed by atoms with E-state index in [1.807, 2.05) is 0 Å². The molecule has 0 amide bonds. The number of halogens is 1. The van der Waals surface area contributed by atoms with E-state index in [1.165, 1.54) is 12.1 Å². The first-order chi connectivity index (χ1) is 10.4. The van der Waals surface area contributed by atoms with Crippen LogP contribution in [0.5, 0.6) is 0 Å². The number of azo groups is 1. The van der Waals surface area contributed by atoms with Crippen LogP contribution in [0.1, 0.15) is 0 Å². The van der Waals surface area contributed by atoms with Gasteiger partial charge in [-0.2, -0.15) is 0 Å². The molecule has 0 aliphatic rings. The topological polar surface area (TPSA) is 125 Å². The Kier molecular flexibility index (Phi) is 4.41. The summed E-state index contributed by atoms with van der Waals surface area (Å²) in [5.41, 5.74) is -1.31. The summed E-state index contributed by atoms with van der Waals surface area (Å²) in [6, 6.07) is 10.1. The molecule has 0 saturated heterocycles. The van der Waals surface area contributed by atoms with Gasteiger partial charge in [0.2, 0.25) is 5.69 Å². The lowest BCUT2D eigenvalue weighted by Crippen LogP contribution is -1.98. The van der Waals surface area contributed by atoms with E-state index < -0.39 is 21.2 Å². The molecule has 0 aliphatic carbocycles. The predicted octanol–water partition coefficient (Wildman–Crippen LogP) is 4.19. The molecule has 22 heavy (non-hydrogen) atoms. The summed E-state index contributed by atoms with van der Waals surface area (Å²) in [4.78, 5) is 20.3.